The second-order valence-electron chi connectivity index (χ2n) is 4.84. The minimum atomic E-state index is 0.667. The van der Waals surface area contributed by atoms with E-state index in [1.54, 1.807) is 11.3 Å². The molecule has 2 aliphatic rings. The molecule has 3 nitrogen and oxygen atoms in total. The fourth-order valence-electron chi connectivity index (χ4n) is 2.41. The fourth-order valence-corrected chi connectivity index (χ4v) is 3.15. The zero-order valence-electron chi connectivity index (χ0n) is 9.56. The zero-order valence-corrected chi connectivity index (χ0v) is 10.4. The Morgan fingerprint density at radius 1 is 1.38 bits per heavy atom. The van der Waals surface area contributed by atoms with Gasteiger partial charge < -0.3 is 10.2 Å². The van der Waals surface area contributed by atoms with Gasteiger partial charge in [-0.05, 0) is 32.1 Å². The second kappa shape index (κ2) is 4.72. The predicted octanol–water partition coefficient (Wildman–Crippen LogP) is 2.25. The smallest absolute Gasteiger partial charge is 0.185 e. The standard InChI is InChI=1S/C12H19N3S/c1-2-7-15(12-13-6-8-16-12)11(3-1)9-14-10-4-5-10/h6,8,10-11,14H,1-5,7,9H2. The van der Waals surface area contributed by atoms with Crippen LogP contribution in [0, 0.1) is 0 Å². The highest BCUT2D eigenvalue weighted by molar-refractivity contribution is 7.13. The minimum absolute atomic E-state index is 0.667. The van der Waals surface area contributed by atoms with Crippen LogP contribution in [0.1, 0.15) is 32.1 Å². The number of nitrogens with one attached hydrogen (secondary N) is 1. The molecular formula is C12H19N3S. The molecular weight excluding hydrogens is 218 g/mol. The summed E-state index contributed by atoms with van der Waals surface area (Å²) in [4.78, 5) is 6.95. The average molecular weight is 237 g/mol. The van der Waals surface area contributed by atoms with Crippen LogP contribution in [-0.2, 0) is 0 Å². The highest BCUT2D eigenvalue weighted by Gasteiger charge is 2.27. The Balaban J connectivity index is 1.63. The van der Waals surface area contributed by atoms with Crippen LogP contribution >= 0.6 is 11.3 Å². The maximum absolute atomic E-state index is 4.45. The number of piperidine rings is 1. The van der Waals surface area contributed by atoms with E-state index in [9.17, 15) is 0 Å². The van der Waals surface area contributed by atoms with Crippen molar-refractivity contribution < 1.29 is 0 Å². The number of aromatic nitrogens is 1. The molecule has 2 heterocycles. The summed E-state index contributed by atoms with van der Waals surface area (Å²) in [5, 5.41) is 6.94. The molecule has 4 heteroatoms. The molecule has 1 saturated carbocycles. The normalized spacial score (nSPS) is 26.0. The molecule has 1 aliphatic carbocycles. The van der Waals surface area contributed by atoms with Crippen LogP contribution in [0.15, 0.2) is 11.6 Å². The largest absolute Gasteiger partial charge is 0.344 e. The lowest BCUT2D eigenvalue weighted by atomic mass is 10.0. The van der Waals surface area contributed by atoms with Gasteiger partial charge in [0, 0.05) is 36.8 Å². The fraction of sp³-hybridized carbons (Fsp3) is 0.750. The number of hydrogen-bond acceptors (Lipinski definition) is 4. The lowest BCUT2D eigenvalue weighted by Crippen LogP contribution is -2.46. The quantitative estimate of drug-likeness (QED) is 0.870. The van der Waals surface area contributed by atoms with Gasteiger partial charge in [-0.25, -0.2) is 4.98 Å². The average Bonchev–Trinajstić information content (AvgIpc) is 3.00. The van der Waals surface area contributed by atoms with Crippen molar-refractivity contribution >= 4 is 16.5 Å². The van der Waals surface area contributed by atoms with Crippen molar-refractivity contribution in [1.82, 2.24) is 10.3 Å². The summed E-state index contributed by atoms with van der Waals surface area (Å²) in [5.41, 5.74) is 0. The van der Waals surface area contributed by atoms with Gasteiger partial charge in [-0.3, -0.25) is 0 Å². The van der Waals surface area contributed by atoms with Crippen LogP contribution in [0.4, 0.5) is 5.13 Å². The molecule has 16 heavy (non-hydrogen) atoms. The molecule has 1 saturated heterocycles. The maximum Gasteiger partial charge on any atom is 0.185 e. The van der Waals surface area contributed by atoms with Crippen LogP contribution in [0.5, 0.6) is 0 Å². The van der Waals surface area contributed by atoms with E-state index in [0.29, 0.717) is 6.04 Å². The van der Waals surface area contributed by atoms with Crippen molar-refractivity contribution in [1.29, 1.82) is 0 Å². The van der Waals surface area contributed by atoms with Gasteiger partial charge in [-0.2, -0.15) is 0 Å². The molecule has 1 aliphatic heterocycles. The molecule has 0 radical (unpaired) electrons. The number of thiazole rings is 1. The van der Waals surface area contributed by atoms with E-state index in [4.69, 9.17) is 0 Å². The number of nitrogens with zero attached hydrogens (tertiary/aromatic N) is 2. The molecule has 0 spiro atoms. The molecule has 0 amide bonds. The van der Waals surface area contributed by atoms with Crippen LogP contribution < -0.4 is 10.2 Å². The summed E-state index contributed by atoms with van der Waals surface area (Å²) in [7, 11) is 0. The summed E-state index contributed by atoms with van der Waals surface area (Å²) < 4.78 is 0. The molecule has 1 unspecified atom stereocenters. The van der Waals surface area contributed by atoms with E-state index >= 15 is 0 Å². The highest BCUT2D eigenvalue weighted by Crippen LogP contribution is 2.27. The molecule has 0 bridgehead atoms. The van der Waals surface area contributed by atoms with E-state index in [2.05, 4.69) is 20.6 Å². The maximum atomic E-state index is 4.45. The molecule has 1 N–H and O–H groups in total. The van der Waals surface area contributed by atoms with E-state index in [-0.39, 0.29) is 0 Å². The van der Waals surface area contributed by atoms with Crippen molar-refractivity contribution in [3.05, 3.63) is 11.6 Å². The summed E-state index contributed by atoms with van der Waals surface area (Å²) in [5.74, 6) is 0. The van der Waals surface area contributed by atoms with Crippen molar-refractivity contribution in [3.8, 4) is 0 Å². The third-order valence-corrected chi connectivity index (χ3v) is 4.32. The van der Waals surface area contributed by atoms with Gasteiger partial charge >= 0.3 is 0 Å². The SMILES string of the molecule is c1csc(N2CCCCC2CNC2CC2)n1. The molecule has 1 aromatic rings. The molecule has 3 rings (SSSR count). The van der Waals surface area contributed by atoms with Crippen molar-refractivity contribution in [2.75, 3.05) is 18.0 Å². The van der Waals surface area contributed by atoms with Gasteiger partial charge in [0.2, 0.25) is 0 Å². The van der Waals surface area contributed by atoms with Crippen LogP contribution in [0.3, 0.4) is 0 Å². The van der Waals surface area contributed by atoms with E-state index in [0.717, 1.165) is 12.6 Å². The van der Waals surface area contributed by atoms with Crippen LogP contribution in [0.2, 0.25) is 0 Å². The topological polar surface area (TPSA) is 28.2 Å². The van der Waals surface area contributed by atoms with Gasteiger partial charge in [0.15, 0.2) is 5.13 Å². The Kier molecular flexibility index (Phi) is 3.11. The van der Waals surface area contributed by atoms with E-state index < -0.39 is 0 Å². The summed E-state index contributed by atoms with van der Waals surface area (Å²) >= 11 is 1.77. The number of rotatable bonds is 4. The third kappa shape index (κ3) is 2.38. The van der Waals surface area contributed by atoms with Gasteiger partial charge in [-0.15, -0.1) is 11.3 Å². The van der Waals surface area contributed by atoms with Gasteiger partial charge in [0.05, 0.1) is 0 Å². The van der Waals surface area contributed by atoms with Crippen molar-refractivity contribution in [3.63, 3.8) is 0 Å². The van der Waals surface area contributed by atoms with E-state index in [1.807, 2.05) is 6.20 Å². The Labute approximate surface area is 101 Å². The lowest BCUT2D eigenvalue weighted by Gasteiger charge is -2.35. The first-order chi connectivity index (χ1) is 7.93. The molecule has 88 valence electrons. The second-order valence-corrected chi connectivity index (χ2v) is 5.71. The lowest BCUT2D eigenvalue weighted by molar-refractivity contribution is 0.434. The van der Waals surface area contributed by atoms with Crippen molar-refractivity contribution in [2.45, 2.75) is 44.2 Å². The first kappa shape index (κ1) is 10.5. The molecule has 0 aromatic carbocycles. The number of anilines is 1. The van der Waals surface area contributed by atoms with Crippen LogP contribution in [-0.4, -0.2) is 30.2 Å². The Morgan fingerprint density at radius 2 is 2.31 bits per heavy atom. The third-order valence-electron chi connectivity index (χ3n) is 3.51. The molecule has 1 atom stereocenters. The minimum Gasteiger partial charge on any atom is -0.344 e. The van der Waals surface area contributed by atoms with Gasteiger partial charge in [-0.1, -0.05) is 0 Å². The van der Waals surface area contributed by atoms with Crippen molar-refractivity contribution in [2.24, 2.45) is 0 Å². The summed E-state index contributed by atoms with van der Waals surface area (Å²) in [6.45, 7) is 2.33. The summed E-state index contributed by atoms with van der Waals surface area (Å²) in [6, 6.07) is 1.49. The highest BCUT2D eigenvalue weighted by atomic mass is 32.1. The first-order valence-electron chi connectivity index (χ1n) is 6.33. The molecule has 2 fully saturated rings. The first-order valence-corrected chi connectivity index (χ1v) is 7.21. The van der Waals surface area contributed by atoms with E-state index in [1.165, 1.54) is 43.8 Å². The molecule has 1 aromatic heterocycles. The number of hydrogen-bond donors (Lipinski definition) is 1. The van der Waals surface area contributed by atoms with Gasteiger partial charge in [0.1, 0.15) is 0 Å². The van der Waals surface area contributed by atoms with Crippen LogP contribution in [0.25, 0.3) is 0 Å². The Morgan fingerprint density at radius 3 is 3.06 bits per heavy atom. The summed E-state index contributed by atoms with van der Waals surface area (Å²) in [6.07, 6.45) is 8.69. The predicted molar refractivity (Wildman–Crippen MR) is 68.1 cm³/mol. The Hall–Kier alpha value is -0.610. The Bertz CT molecular complexity index is 321. The monoisotopic (exact) mass is 237 g/mol. The zero-order chi connectivity index (χ0) is 10.8. The van der Waals surface area contributed by atoms with Gasteiger partial charge in [0.25, 0.3) is 0 Å².